The van der Waals surface area contributed by atoms with Crippen molar-refractivity contribution in [2.75, 3.05) is 11.5 Å². The van der Waals surface area contributed by atoms with E-state index in [1.807, 2.05) is 28.4 Å². The number of nitrogens with one attached hydrogen (secondary N) is 1. The molecule has 0 spiro atoms. The Morgan fingerprint density at radius 2 is 1.93 bits per heavy atom. The van der Waals surface area contributed by atoms with Gasteiger partial charge in [0.1, 0.15) is 5.82 Å². The van der Waals surface area contributed by atoms with Crippen molar-refractivity contribution in [3.8, 4) is 0 Å². The van der Waals surface area contributed by atoms with Crippen molar-refractivity contribution in [2.24, 2.45) is 13.0 Å². The molecule has 1 aliphatic carbocycles. The number of sulfone groups is 1. The number of hydrogen-bond acceptors (Lipinski definition) is 5. The Morgan fingerprint density at radius 3 is 2.57 bits per heavy atom. The zero-order valence-electron chi connectivity index (χ0n) is 17.3. The van der Waals surface area contributed by atoms with E-state index in [-0.39, 0.29) is 23.0 Å². The largest absolute Gasteiger partial charge is 0.307 e. The lowest BCUT2D eigenvalue weighted by atomic mass is 9.76. The lowest BCUT2D eigenvalue weighted by molar-refractivity contribution is 0.210. The molecule has 1 saturated carbocycles. The molecule has 0 radical (unpaired) electrons. The van der Waals surface area contributed by atoms with Gasteiger partial charge >= 0.3 is 0 Å². The first kappa shape index (κ1) is 22.0. The van der Waals surface area contributed by atoms with Gasteiger partial charge in [0.05, 0.1) is 18.2 Å². The maximum Gasteiger partial charge on any atom is 0.198 e. The third-order valence-electron chi connectivity index (χ3n) is 6.60. The van der Waals surface area contributed by atoms with Crippen LogP contribution < -0.4 is 5.32 Å². The Hall–Kier alpha value is -1.22. The summed E-state index contributed by atoms with van der Waals surface area (Å²) in [6.07, 6.45) is 7.13. The first-order valence-electron chi connectivity index (χ1n) is 10.6. The second-order valence-electron chi connectivity index (χ2n) is 8.72. The highest BCUT2D eigenvalue weighted by Crippen LogP contribution is 2.37. The molecule has 4 rings (SSSR count). The minimum Gasteiger partial charge on any atom is -0.307 e. The van der Waals surface area contributed by atoms with Gasteiger partial charge in [0.15, 0.2) is 14.6 Å². The summed E-state index contributed by atoms with van der Waals surface area (Å²) in [6, 6.07) is 8.14. The minimum atomic E-state index is -2.89. The monoisotopic (exact) mass is 468 g/mol. The fraction of sp³-hybridized carbons (Fsp3) is 0.619. The number of halogens is 1. The zero-order chi connectivity index (χ0) is 21.4. The van der Waals surface area contributed by atoms with Crippen LogP contribution in [0.25, 0.3) is 0 Å². The summed E-state index contributed by atoms with van der Waals surface area (Å²) in [5.74, 6) is 1.53. The Balaban J connectivity index is 1.52. The van der Waals surface area contributed by atoms with Crippen molar-refractivity contribution in [1.82, 2.24) is 19.7 Å². The van der Waals surface area contributed by atoms with Crippen molar-refractivity contribution in [1.29, 1.82) is 0 Å². The van der Waals surface area contributed by atoms with Gasteiger partial charge in [-0.15, -0.1) is 0 Å². The van der Waals surface area contributed by atoms with Crippen LogP contribution in [0.5, 0.6) is 0 Å². The second kappa shape index (κ2) is 8.73. The molecule has 9 heteroatoms. The number of benzene rings is 1. The molecule has 2 heterocycles. The van der Waals surface area contributed by atoms with E-state index in [0.717, 1.165) is 23.7 Å². The van der Waals surface area contributed by atoms with Crippen molar-refractivity contribution in [3.05, 3.63) is 45.4 Å². The fourth-order valence-corrected chi connectivity index (χ4v) is 7.02. The standard InChI is InChI=1S/C21H29ClN4O2S2/c1-25-19(13-16-9-12-30(27,28)14-16)24-26(20(25)29)15-23-21(10-3-2-4-11-21)17-5-7-18(22)8-6-17/h5-8,16,23H,2-4,9-15H2,1H3. The van der Waals surface area contributed by atoms with Crippen LogP contribution in [0.2, 0.25) is 5.02 Å². The van der Waals surface area contributed by atoms with Gasteiger partial charge < -0.3 is 4.57 Å². The predicted octanol–water partition coefficient (Wildman–Crippen LogP) is 3.99. The minimum absolute atomic E-state index is 0.102. The third kappa shape index (κ3) is 4.66. The molecule has 30 heavy (non-hydrogen) atoms. The average molecular weight is 469 g/mol. The van der Waals surface area contributed by atoms with Crippen LogP contribution in [0.3, 0.4) is 0 Å². The van der Waals surface area contributed by atoms with Crippen molar-refractivity contribution in [2.45, 2.75) is 57.2 Å². The van der Waals surface area contributed by atoms with Gasteiger partial charge in [-0.1, -0.05) is 43.0 Å². The van der Waals surface area contributed by atoms with Crippen LogP contribution in [0.1, 0.15) is 49.9 Å². The Morgan fingerprint density at radius 1 is 1.23 bits per heavy atom. The van der Waals surface area contributed by atoms with E-state index in [4.69, 9.17) is 28.9 Å². The Bertz CT molecular complexity index is 1050. The molecule has 2 aromatic rings. The van der Waals surface area contributed by atoms with Gasteiger partial charge in [-0.2, -0.15) is 5.10 Å². The van der Waals surface area contributed by atoms with Crippen molar-refractivity contribution < 1.29 is 8.42 Å². The molecule has 164 valence electrons. The number of aromatic nitrogens is 3. The fourth-order valence-electron chi connectivity index (χ4n) is 4.82. The topological polar surface area (TPSA) is 68.9 Å². The van der Waals surface area contributed by atoms with Gasteiger partial charge in [0.2, 0.25) is 0 Å². The van der Waals surface area contributed by atoms with Gasteiger partial charge in [0, 0.05) is 24.0 Å². The van der Waals surface area contributed by atoms with Crippen molar-refractivity contribution >= 4 is 33.7 Å². The Kier molecular flexibility index (Phi) is 6.40. The molecule has 1 atom stereocenters. The summed E-state index contributed by atoms with van der Waals surface area (Å²) in [5, 5.41) is 9.24. The number of rotatable bonds is 6. The van der Waals surface area contributed by atoms with E-state index in [1.54, 1.807) is 0 Å². The maximum absolute atomic E-state index is 11.8. The van der Waals surface area contributed by atoms with Gasteiger partial charge in [-0.3, -0.25) is 5.32 Å². The van der Waals surface area contributed by atoms with Crippen LogP contribution >= 0.6 is 23.8 Å². The molecule has 2 fully saturated rings. The maximum atomic E-state index is 11.8. The third-order valence-corrected chi connectivity index (χ3v) is 9.17. The van der Waals surface area contributed by atoms with E-state index in [1.165, 1.54) is 24.8 Å². The van der Waals surface area contributed by atoms with Crippen LogP contribution in [0, 0.1) is 10.7 Å². The zero-order valence-corrected chi connectivity index (χ0v) is 19.7. The normalized spacial score (nSPS) is 22.9. The highest BCUT2D eigenvalue weighted by molar-refractivity contribution is 7.91. The molecule has 1 aromatic carbocycles. The van der Waals surface area contributed by atoms with Crippen molar-refractivity contribution in [3.63, 3.8) is 0 Å². The molecule has 1 aromatic heterocycles. The van der Waals surface area contributed by atoms with E-state index >= 15 is 0 Å². The SMILES string of the molecule is Cn1c(CC2CCS(=O)(=O)C2)nn(CNC2(c3ccc(Cl)cc3)CCCCC2)c1=S. The van der Waals surface area contributed by atoms with Crippen LogP contribution in [-0.2, 0) is 35.5 Å². The molecule has 0 bridgehead atoms. The Labute approximate surface area is 188 Å². The van der Waals surface area contributed by atoms with Crippen LogP contribution in [0.4, 0.5) is 0 Å². The van der Waals surface area contributed by atoms with E-state index in [2.05, 4.69) is 17.4 Å². The summed E-state index contributed by atoms with van der Waals surface area (Å²) in [5.41, 5.74) is 1.15. The summed E-state index contributed by atoms with van der Waals surface area (Å²) in [6.45, 7) is 0.526. The molecule has 0 amide bonds. The molecule has 1 unspecified atom stereocenters. The van der Waals surface area contributed by atoms with Gasteiger partial charge in [0.25, 0.3) is 0 Å². The van der Waals surface area contributed by atoms with Gasteiger partial charge in [-0.25, -0.2) is 13.1 Å². The number of hydrogen-bond donors (Lipinski definition) is 1. The first-order chi connectivity index (χ1) is 14.3. The number of nitrogens with zero attached hydrogens (tertiary/aromatic N) is 3. The lowest BCUT2D eigenvalue weighted by Crippen LogP contribution is -2.45. The molecular weight excluding hydrogens is 440 g/mol. The summed E-state index contributed by atoms with van der Waals surface area (Å²) in [4.78, 5) is 0. The molecule has 1 aliphatic heterocycles. The summed E-state index contributed by atoms with van der Waals surface area (Å²) >= 11 is 11.7. The quantitative estimate of drug-likeness (QED) is 0.649. The molecule has 1 saturated heterocycles. The molecule has 6 nitrogen and oxygen atoms in total. The molecular formula is C21H29ClN4O2S2. The second-order valence-corrected chi connectivity index (χ2v) is 11.7. The highest BCUT2D eigenvalue weighted by Gasteiger charge is 2.34. The van der Waals surface area contributed by atoms with E-state index in [9.17, 15) is 8.42 Å². The first-order valence-corrected chi connectivity index (χ1v) is 13.2. The lowest BCUT2D eigenvalue weighted by Gasteiger charge is -2.39. The van der Waals surface area contributed by atoms with Crippen LogP contribution in [-0.4, -0.2) is 34.3 Å². The highest BCUT2D eigenvalue weighted by atomic mass is 35.5. The van der Waals surface area contributed by atoms with E-state index in [0.29, 0.717) is 24.3 Å². The molecule has 1 N–H and O–H groups in total. The summed E-state index contributed by atoms with van der Waals surface area (Å²) < 4.78 is 28.0. The van der Waals surface area contributed by atoms with Crippen LogP contribution in [0.15, 0.2) is 24.3 Å². The average Bonchev–Trinajstić information content (AvgIpc) is 3.21. The van der Waals surface area contributed by atoms with E-state index < -0.39 is 9.84 Å². The predicted molar refractivity (Wildman–Crippen MR) is 122 cm³/mol. The smallest absolute Gasteiger partial charge is 0.198 e. The molecule has 2 aliphatic rings. The summed E-state index contributed by atoms with van der Waals surface area (Å²) in [7, 11) is -0.973. The van der Waals surface area contributed by atoms with Gasteiger partial charge in [-0.05, 0) is 55.1 Å².